The van der Waals surface area contributed by atoms with Crippen molar-refractivity contribution < 1.29 is 30.1 Å². The molecule has 26 heavy (non-hydrogen) atoms. The normalized spacial score (nSPS) is 9.38. The van der Waals surface area contributed by atoms with E-state index in [1.54, 1.807) is 49.1 Å². The van der Waals surface area contributed by atoms with Gasteiger partial charge in [-0.05, 0) is 29.8 Å². The number of aromatic nitrogens is 2. The molecule has 0 aromatic carbocycles. The van der Waals surface area contributed by atoms with Gasteiger partial charge in [0, 0.05) is 24.8 Å². The number of hydrogen-bond acceptors (Lipinski definition) is 6. The van der Waals surface area contributed by atoms with Crippen molar-refractivity contribution in [2.24, 2.45) is 5.10 Å². The first kappa shape index (κ1) is 22.3. The van der Waals surface area contributed by atoms with Crippen LogP contribution in [0.15, 0.2) is 54.2 Å². The number of carbonyl (C=O) groups is 3. The molecular formula is C16H18N4O6. The summed E-state index contributed by atoms with van der Waals surface area (Å²) in [4.78, 5) is 38.6. The fourth-order valence-corrected chi connectivity index (χ4v) is 1.39. The van der Waals surface area contributed by atoms with Crippen molar-refractivity contribution >= 4 is 24.1 Å². The zero-order chi connectivity index (χ0) is 18.5. The molecule has 0 fully saturated rings. The number of rotatable bonds is 6. The molecule has 2 heterocycles. The highest BCUT2D eigenvalue weighted by Gasteiger charge is 2.02. The Morgan fingerprint density at radius 3 is 2.12 bits per heavy atom. The lowest BCUT2D eigenvalue weighted by atomic mass is 10.3. The van der Waals surface area contributed by atoms with Crippen LogP contribution in [0.5, 0.6) is 0 Å². The molecule has 0 saturated heterocycles. The topological polar surface area (TPSA) is 173 Å². The largest absolute Gasteiger partial charge is 0.481 e. The van der Waals surface area contributed by atoms with Crippen molar-refractivity contribution in [2.45, 2.75) is 12.8 Å². The molecule has 2 aromatic rings. The van der Waals surface area contributed by atoms with Gasteiger partial charge in [0.1, 0.15) is 0 Å². The summed E-state index contributed by atoms with van der Waals surface area (Å²) in [5.74, 6) is -2.44. The number of carboxylic acids is 2. The molecule has 0 aliphatic carbocycles. The van der Waals surface area contributed by atoms with Crippen LogP contribution in [0.3, 0.4) is 0 Å². The van der Waals surface area contributed by atoms with Gasteiger partial charge < -0.3 is 15.7 Å². The highest BCUT2D eigenvalue weighted by Crippen LogP contribution is 1.95. The van der Waals surface area contributed by atoms with Gasteiger partial charge in [0.05, 0.1) is 24.6 Å². The molecule has 138 valence electrons. The molecule has 10 heteroatoms. The minimum atomic E-state index is -1.08. The number of carbonyl (C=O) groups excluding carboxylic acids is 1. The lowest BCUT2D eigenvalue weighted by Crippen LogP contribution is -2.17. The summed E-state index contributed by atoms with van der Waals surface area (Å²) in [6.07, 6.45) is 7.36. The zero-order valence-electron chi connectivity index (χ0n) is 13.6. The summed E-state index contributed by atoms with van der Waals surface area (Å²) in [6.45, 7) is 0. The van der Waals surface area contributed by atoms with E-state index in [9.17, 15) is 14.4 Å². The molecule has 0 unspecified atom stereocenters. The maximum Gasteiger partial charge on any atom is 0.303 e. The van der Waals surface area contributed by atoms with Crippen LogP contribution in [0.4, 0.5) is 0 Å². The second-order valence-corrected chi connectivity index (χ2v) is 4.51. The van der Waals surface area contributed by atoms with Crippen molar-refractivity contribution in [1.82, 2.24) is 15.4 Å². The van der Waals surface area contributed by atoms with E-state index >= 15 is 0 Å². The molecule has 5 N–H and O–H groups in total. The van der Waals surface area contributed by atoms with Gasteiger partial charge in [-0.15, -0.1) is 0 Å². The molecule has 0 saturated carbocycles. The number of nitrogens with one attached hydrogen (secondary N) is 1. The van der Waals surface area contributed by atoms with Crippen LogP contribution in [0.25, 0.3) is 0 Å². The first-order valence-electron chi connectivity index (χ1n) is 7.06. The molecule has 0 aliphatic heterocycles. The summed E-state index contributed by atoms with van der Waals surface area (Å²) in [5, 5.41) is 19.6. The van der Waals surface area contributed by atoms with E-state index in [0.717, 1.165) is 5.56 Å². The Morgan fingerprint density at radius 2 is 1.62 bits per heavy atom. The van der Waals surface area contributed by atoms with Gasteiger partial charge in [0.15, 0.2) is 0 Å². The van der Waals surface area contributed by atoms with E-state index in [4.69, 9.17) is 10.2 Å². The number of aliphatic carboxylic acids is 2. The van der Waals surface area contributed by atoms with E-state index in [-0.39, 0.29) is 24.2 Å². The highest BCUT2D eigenvalue weighted by atomic mass is 16.4. The Kier molecular flexibility index (Phi) is 10.9. The third-order valence-corrected chi connectivity index (χ3v) is 2.56. The molecule has 0 atom stereocenters. The van der Waals surface area contributed by atoms with E-state index in [1.165, 1.54) is 6.20 Å². The quantitative estimate of drug-likeness (QED) is 0.491. The third-order valence-electron chi connectivity index (χ3n) is 2.56. The highest BCUT2D eigenvalue weighted by molar-refractivity contribution is 5.94. The lowest BCUT2D eigenvalue weighted by molar-refractivity contribution is -0.143. The Labute approximate surface area is 148 Å². The molecule has 0 spiro atoms. The molecule has 0 bridgehead atoms. The van der Waals surface area contributed by atoms with E-state index in [1.807, 2.05) is 0 Å². The van der Waals surface area contributed by atoms with Gasteiger partial charge in [-0.1, -0.05) is 0 Å². The van der Waals surface area contributed by atoms with Gasteiger partial charge in [0.25, 0.3) is 5.91 Å². The summed E-state index contributed by atoms with van der Waals surface area (Å²) in [6, 6.07) is 6.95. The summed E-state index contributed by atoms with van der Waals surface area (Å²) in [5.41, 5.74) is 3.76. The van der Waals surface area contributed by atoms with Crippen molar-refractivity contribution in [3.05, 3.63) is 60.2 Å². The van der Waals surface area contributed by atoms with Crippen LogP contribution in [0.2, 0.25) is 0 Å². The Bertz CT molecular complexity index is 708. The third kappa shape index (κ3) is 10.2. The molecule has 2 rings (SSSR count). The van der Waals surface area contributed by atoms with Crippen LogP contribution in [-0.2, 0) is 9.59 Å². The first-order valence-corrected chi connectivity index (χ1v) is 7.06. The van der Waals surface area contributed by atoms with Gasteiger partial charge >= 0.3 is 11.9 Å². The average molecular weight is 362 g/mol. The van der Waals surface area contributed by atoms with Crippen LogP contribution in [-0.4, -0.2) is 49.7 Å². The van der Waals surface area contributed by atoms with Crippen molar-refractivity contribution in [2.75, 3.05) is 0 Å². The van der Waals surface area contributed by atoms with Crippen LogP contribution < -0.4 is 5.43 Å². The van der Waals surface area contributed by atoms with Crippen LogP contribution in [0.1, 0.15) is 28.8 Å². The Morgan fingerprint density at radius 1 is 1.00 bits per heavy atom. The monoisotopic (exact) mass is 362 g/mol. The fourth-order valence-electron chi connectivity index (χ4n) is 1.39. The number of carboxylic acid groups (broad SMARTS) is 2. The predicted molar refractivity (Wildman–Crippen MR) is 91.7 cm³/mol. The minimum absolute atomic E-state index is 0. The smallest absolute Gasteiger partial charge is 0.303 e. The SMILES string of the molecule is O.O=C(N/N=C/c1ccncc1)c1cccnc1.O=C(O)CCC(=O)O. The van der Waals surface area contributed by atoms with Gasteiger partial charge in [-0.3, -0.25) is 24.4 Å². The molecule has 0 radical (unpaired) electrons. The van der Waals surface area contributed by atoms with Crippen LogP contribution in [0, 0.1) is 0 Å². The zero-order valence-corrected chi connectivity index (χ0v) is 13.6. The van der Waals surface area contributed by atoms with E-state index in [2.05, 4.69) is 20.5 Å². The summed E-state index contributed by atoms with van der Waals surface area (Å²) >= 11 is 0. The van der Waals surface area contributed by atoms with Crippen molar-refractivity contribution in [3.63, 3.8) is 0 Å². The minimum Gasteiger partial charge on any atom is -0.481 e. The van der Waals surface area contributed by atoms with E-state index in [0.29, 0.717) is 5.56 Å². The standard InChI is InChI=1S/C12H10N4O.C4H6O4.H2O/c17-12(11-2-1-5-14-9-11)16-15-8-10-3-6-13-7-4-10;5-3(6)1-2-4(7)8;/h1-9H,(H,16,17);1-2H2,(H,5,6)(H,7,8);1H2/b15-8+;;. The number of hydrazone groups is 1. The molecular weight excluding hydrogens is 344 g/mol. The van der Waals surface area contributed by atoms with Gasteiger partial charge in [0.2, 0.25) is 0 Å². The number of hydrogen-bond donors (Lipinski definition) is 3. The van der Waals surface area contributed by atoms with Crippen LogP contribution >= 0.6 is 0 Å². The summed E-state index contributed by atoms with van der Waals surface area (Å²) < 4.78 is 0. The molecule has 10 nitrogen and oxygen atoms in total. The Balaban J connectivity index is 0.000000597. The lowest BCUT2D eigenvalue weighted by Gasteiger charge is -1.97. The first-order chi connectivity index (χ1) is 12.0. The second-order valence-electron chi connectivity index (χ2n) is 4.51. The molecule has 1 amide bonds. The second kappa shape index (κ2) is 12.7. The van der Waals surface area contributed by atoms with Crippen molar-refractivity contribution in [1.29, 1.82) is 0 Å². The summed E-state index contributed by atoms with van der Waals surface area (Å²) in [7, 11) is 0. The molecule has 0 aliphatic rings. The molecule has 2 aromatic heterocycles. The average Bonchev–Trinajstić information content (AvgIpc) is 2.62. The number of nitrogens with zero attached hydrogens (tertiary/aromatic N) is 3. The Hall–Kier alpha value is -3.66. The number of amides is 1. The fraction of sp³-hybridized carbons (Fsp3) is 0.125. The van der Waals surface area contributed by atoms with E-state index < -0.39 is 11.9 Å². The predicted octanol–water partition coefficient (Wildman–Crippen LogP) is 0.352. The maximum atomic E-state index is 11.6. The van der Waals surface area contributed by atoms with Crippen molar-refractivity contribution in [3.8, 4) is 0 Å². The van der Waals surface area contributed by atoms with Gasteiger partial charge in [-0.2, -0.15) is 5.10 Å². The number of pyridine rings is 2. The van der Waals surface area contributed by atoms with Gasteiger partial charge in [-0.25, -0.2) is 5.43 Å². The maximum absolute atomic E-state index is 11.6.